The Morgan fingerprint density at radius 2 is 2.10 bits per heavy atom. The van der Waals surface area contributed by atoms with Crippen LogP contribution in [-0.2, 0) is 14.6 Å². The number of halogens is 1. The third kappa shape index (κ3) is 3.46. The fraction of sp³-hybridized carbons (Fsp3) is 0.923. The molecule has 5 nitrogen and oxygen atoms in total. The first-order valence-corrected chi connectivity index (χ1v) is 8.88. The molecule has 1 saturated carbocycles. The fourth-order valence-electron chi connectivity index (χ4n) is 3.59. The number of carboxylic acids is 1. The van der Waals surface area contributed by atoms with E-state index in [-0.39, 0.29) is 29.8 Å². The SMILES string of the molecule is CCCS(=O)(=O)CCN1C[C@@H]2CCC[C@@]2(C(=O)O)C1.Cl. The molecule has 2 rings (SSSR count). The quantitative estimate of drug-likeness (QED) is 0.799. The zero-order valence-electron chi connectivity index (χ0n) is 11.9. The highest BCUT2D eigenvalue weighted by molar-refractivity contribution is 7.91. The van der Waals surface area contributed by atoms with E-state index in [1.165, 1.54) is 0 Å². The summed E-state index contributed by atoms with van der Waals surface area (Å²) in [5, 5.41) is 9.46. The average molecular weight is 326 g/mol. The van der Waals surface area contributed by atoms with Gasteiger partial charge in [-0.15, -0.1) is 12.4 Å². The highest BCUT2D eigenvalue weighted by Crippen LogP contribution is 2.48. The van der Waals surface area contributed by atoms with E-state index in [2.05, 4.69) is 0 Å². The van der Waals surface area contributed by atoms with Gasteiger partial charge in [0.15, 0.2) is 9.84 Å². The number of carboxylic acid groups (broad SMARTS) is 1. The molecule has 0 aromatic heterocycles. The molecule has 7 heteroatoms. The van der Waals surface area contributed by atoms with E-state index in [0.29, 0.717) is 19.5 Å². The summed E-state index contributed by atoms with van der Waals surface area (Å²) in [6, 6.07) is 0. The van der Waals surface area contributed by atoms with Crippen LogP contribution in [0.15, 0.2) is 0 Å². The van der Waals surface area contributed by atoms with Crippen molar-refractivity contribution in [2.24, 2.45) is 11.3 Å². The summed E-state index contributed by atoms with van der Waals surface area (Å²) >= 11 is 0. The Balaban J connectivity index is 0.00000200. The molecular weight excluding hydrogens is 302 g/mol. The van der Waals surface area contributed by atoms with Gasteiger partial charge in [-0.25, -0.2) is 8.42 Å². The van der Waals surface area contributed by atoms with E-state index in [4.69, 9.17) is 0 Å². The molecule has 0 unspecified atom stereocenters. The Hall–Kier alpha value is -0.330. The average Bonchev–Trinajstić information content (AvgIpc) is 2.83. The van der Waals surface area contributed by atoms with Crippen molar-refractivity contribution < 1.29 is 18.3 Å². The van der Waals surface area contributed by atoms with Crippen LogP contribution in [0.5, 0.6) is 0 Å². The van der Waals surface area contributed by atoms with E-state index in [1.807, 2.05) is 11.8 Å². The third-order valence-corrected chi connectivity index (χ3v) is 6.44. The van der Waals surface area contributed by atoms with Crippen molar-refractivity contribution in [3.05, 3.63) is 0 Å². The molecule has 2 atom stereocenters. The molecule has 1 N–H and O–H groups in total. The van der Waals surface area contributed by atoms with Crippen LogP contribution in [-0.4, -0.2) is 55.5 Å². The predicted octanol–water partition coefficient (Wildman–Crippen LogP) is 1.42. The minimum absolute atomic E-state index is 0. The maximum absolute atomic E-state index is 11.7. The van der Waals surface area contributed by atoms with Crippen LogP contribution in [0, 0.1) is 11.3 Å². The first-order valence-electron chi connectivity index (χ1n) is 7.06. The van der Waals surface area contributed by atoms with Gasteiger partial charge in [-0.1, -0.05) is 13.3 Å². The lowest BCUT2D eigenvalue weighted by atomic mass is 9.81. The second-order valence-corrected chi connectivity index (χ2v) is 8.24. The molecule has 1 aliphatic carbocycles. The lowest BCUT2D eigenvalue weighted by Crippen LogP contribution is -2.36. The maximum Gasteiger partial charge on any atom is 0.311 e. The van der Waals surface area contributed by atoms with Crippen LogP contribution in [0.2, 0.25) is 0 Å². The van der Waals surface area contributed by atoms with E-state index >= 15 is 0 Å². The van der Waals surface area contributed by atoms with Crippen molar-refractivity contribution >= 4 is 28.2 Å². The van der Waals surface area contributed by atoms with Gasteiger partial charge >= 0.3 is 5.97 Å². The smallest absolute Gasteiger partial charge is 0.311 e. The summed E-state index contributed by atoms with van der Waals surface area (Å²) in [5.74, 6) is -0.106. The molecule has 20 heavy (non-hydrogen) atoms. The van der Waals surface area contributed by atoms with Crippen molar-refractivity contribution in [3.8, 4) is 0 Å². The van der Waals surface area contributed by atoms with Gasteiger partial charge in [-0.3, -0.25) is 4.79 Å². The van der Waals surface area contributed by atoms with Crippen LogP contribution in [0.1, 0.15) is 32.6 Å². The molecular formula is C13H24ClNO4S. The molecule has 1 aliphatic heterocycles. The molecule has 118 valence electrons. The largest absolute Gasteiger partial charge is 0.481 e. The van der Waals surface area contributed by atoms with Crippen molar-refractivity contribution in [1.82, 2.24) is 4.90 Å². The highest BCUT2D eigenvalue weighted by atomic mass is 35.5. The molecule has 0 spiro atoms. The molecule has 0 bridgehead atoms. The number of hydrogen-bond acceptors (Lipinski definition) is 4. The van der Waals surface area contributed by atoms with Gasteiger partial charge in [0.25, 0.3) is 0 Å². The lowest BCUT2D eigenvalue weighted by molar-refractivity contribution is -0.149. The number of nitrogens with zero attached hydrogens (tertiary/aromatic N) is 1. The number of fused-ring (bicyclic) bond motifs is 1. The fourth-order valence-corrected chi connectivity index (χ4v) is 4.96. The van der Waals surface area contributed by atoms with Gasteiger partial charge in [0.2, 0.25) is 0 Å². The number of likely N-dealkylation sites (tertiary alicyclic amines) is 1. The summed E-state index contributed by atoms with van der Waals surface area (Å²) in [6.07, 6.45) is 3.33. The van der Waals surface area contributed by atoms with E-state index in [0.717, 1.165) is 25.8 Å². The third-order valence-electron chi connectivity index (χ3n) is 4.60. The first-order chi connectivity index (χ1) is 8.89. The standard InChI is InChI=1S/C13H23NO4S.ClH/c1-2-7-19(17,18)8-6-14-9-11-4-3-5-13(11,10-14)12(15)16;/h11H,2-10H2,1H3,(H,15,16);1H/t11-,13+;/m0./s1. The van der Waals surface area contributed by atoms with Gasteiger partial charge < -0.3 is 10.0 Å². The van der Waals surface area contributed by atoms with Gasteiger partial charge in [0.05, 0.1) is 11.2 Å². The van der Waals surface area contributed by atoms with E-state index in [9.17, 15) is 18.3 Å². The topological polar surface area (TPSA) is 74.7 Å². The normalized spacial score (nSPS) is 29.9. The lowest BCUT2D eigenvalue weighted by Gasteiger charge is -2.23. The maximum atomic E-state index is 11.7. The number of sulfone groups is 1. The zero-order chi connectivity index (χ0) is 14.1. The molecule has 1 saturated heterocycles. The van der Waals surface area contributed by atoms with Crippen LogP contribution in [0.3, 0.4) is 0 Å². The van der Waals surface area contributed by atoms with Gasteiger partial charge in [0.1, 0.15) is 0 Å². The number of rotatable bonds is 6. The van der Waals surface area contributed by atoms with Crippen LogP contribution < -0.4 is 0 Å². The number of aliphatic carboxylic acids is 1. The Labute approximate surface area is 127 Å². The molecule has 0 amide bonds. The van der Waals surface area contributed by atoms with E-state index < -0.39 is 21.2 Å². The summed E-state index contributed by atoms with van der Waals surface area (Å²) in [6.45, 7) is 3.60. The Bertz CT molecular complexity index is 453. The van der Waals surface area contributed by atoms with E-state index in [1.54, 1.807) is 0 Å². The van der Waals surface area contributed by atoms with Crippen molar-refractivity contribution in [2.45, 2.75) is 32.6 Å². The predicted molar refractivity (Wildman–Crippen MR) is 80.0 cm³/mol. The van der Waals surface area contributed by atoms with Gasteiger partial charge in [-0.2, -0.15) is 0 Å². The minimum atomic E-state index is -2.97. The van der Waals surface area contributed by atoms with Crippen molar-refractivity contribution in [1.29, 1.82) is 0 Å². The molecule has 2 aliphatic rings. The first kappa shape index (κ1) is 17.7. The zero-order valence-corrected chi connectivity index (χ0v) is 13.5. The second kappa shape index (κ2) is 6.62. The molecule has 0 aromatic carbocycles. The highest BCUT2D eigenvalue weighted by Gasteiger charge is 2.54. The number of hydrogen-bond donors (Lipinski definition) is 1. The van der Waals surface area contributed by atoms with Crippen LogP contribution in [0.4, 0.5) is 0 Å². The summed E-state index contributed by atoms with van der Waals surface area (Å²) in [4.78, 5) is 13.5. The summed E-state index contributed by atoms with van der Waals surface area (Å²) in [5.41, 5.74) is -0.603. The molecule has 2 fully saturated rings. The molecule has 1 heterocycles. The summed E-state index contributed by atoms with van der Waals surface area (Å²) < 4.78 is 23.4. The van der Waals surface area contributed by atoms with Crippen LogP contribution >= 0.6 is 12.4 Å². The second-order valence-electron chi connectivity index (χ2n) is 5.94. The monoisotopic (exact) mass is 325 g/mol. The van der Waals surface area contributed by atoms with Crippen molar-refractivity contribution in [2.75, 3.05) is 31.1 Å². The Kier molecular flexibility index (Phi) is 5.87. The van der Waals surface area contributed by atoms with Crippen LogP contribution in [0.25, 0.3) is 0 Å². The van der Waals surface area contributed by atoms with Gasteiger partial charge in [-0.05, 0) is 25.2 Å². The Morgan fingerprint density at radius 3 is 2.65 bits per heavy atom. The van der Waals surface area contributed by atoms with Gasteiger partial charge in [0, 0.05) is 25.4 Å². The summed E-state index contributed by atoms with van der Waals surface area (Å²) in [7, 11) is -2.97. The Morgan fingerprint density at radius 1 is 1.40 bits per heavy atom. The number of carbonyl (C=O) groups is 1. The molecule has 0 radical (unpaired) electrons. The minimum Gasteiger partial charge on any atom is -0.481 e. The molecule has 0 aromatic rings. The van der Waals surface area contributed by atoms with Crippen molar-refractivity contribution in [3.63, 3.8) is 0 Å².